The molecule has 0 spiro atoms. The summed E-state index contributed by atoms with van der Waals surface area (Å²) in [6.45, 7) is 6.54. The largest absolute Gasteiger partial charge is 0.398 e. The molecule has 4 aromatic rings. The number of rotatable bonds is 5. The van der Waals surface area contributed by atoms with Crippen LogP contribution in [0.3, 0.4) is 0 Å². The van der Waals surface area contributed by atoms with Gasteiger partial charge in [-0.2, -0.15) is 4.98 Å². The van der Waals surface area contributed by atoms with Crippen LogP contribution in [-0.2, 0) is 14.6 Å². The lowest BCUT2D eigenvalue weighted by Crippen LogP contribution is -2.54. The van der Waals surface area contributed by atoms with Crippen LogP contribution in [0.15, 0.2) is 64.6 Å². The standard InChI is InChI=1S/C29H27F3N6O4S/c1-15-7-5-10-22(43(4,41)42)25(15)38-27-18(13-20(32)24(34-27)23-19(31)8-6-9-21(23)33)26(35-29(38)40)37-12-11-36(14-16(37)2)28(39)17(3)30/h5-10,13,16H,3,11-12,14,33H2,1-2,4H3/t16-/m0/s1. The van der Waals surface area contributed by atoms with E-state index in [1.165, 1.54) is 29.2 Å². The van der Waals surface area contributed by atoms with Gasteiger partial charge < -0.3 is 15.5 Å². The van der Waals surface area contributed by atoms with Gasteiger partial charge in [-0.15, -0.1) is 0 Å². The quantitative estimate of drug-likeness (QED) is 0.268. The van der Waals surface area contributed by atoms with Crippen LogP contribution in [0.4, 0.5) is 24.7 Å². The number of pyridine rings is 1. The first kappa shape index (κ1) is 29.8. The minimum atomic E-state index is -3.89. The van der Waals surface area contributed by atoms with Crippen molar-refractivity contribution in [2.45, 2.75) is 24.8 Å². The third kappa shape index (κ3) is 5.22. The van der Waals surface area contributed by atoms with Crippen molar-refractivity contribution >= 4 is 38.3 Å². The Hall–Kier alpha value is -4.72. The minimum Gasteiger partial charge on any atom is -0.398 e. The number of sulfone groups is 1. The van der Waals surface area contributed by atoms with Gasteiger partial charge in [0.2, 0.25) is 0 Å². The second kappa shape index (κ2) is 10.8. The highest BCUT2D eigenvalue weighted by molar-refractivity contribution is 7.90. The molecule has 0 saturated carbocycles. The zero-order valence-electron chi connectivity index (χ0n) is 23.4. The van der Waals surface area contributed by atoms with Crippen molar-refractivity contribution in [3.8, 4) is 16.9 Å². The molecule has 0 bridgehead atoms. The van der Waals surface area contributed by atoms with Gasteiger partial charge in [-0.05, 0) is 43.7 Å². The molecule has 2 aromatic heterocycles. The van der Waals surface area contributed by atoms with Crippen LogP contribution in [0.1, 0.15) is 12.5 Å². The predicted octanol–water partition coefficient (Wildman–Crippen LogP) is 3.54. The number of amides is 1. The maximum Gasteiger partial charge on any atom is 0.355 e. The summed E-state index contributed by atoms with van der Waals surface area (Å²) in [6, 6.07) is 8.74. The Bertz CT molecular complexity index is 1980. The van der Waals surface area contributed by atoms with Gasteiger partial charge in [-0.3, -0.25) is 4.79 Å². The highest BCUT2D eigenvalue weighted by atomic mass is 32.2. The number of benzene rings is 2. The smallest absolute Gasteiger partial charge is 0.355 e. The molecule has 2 aromatic carbocycles. The van der Waals surface area contributed by atoms with Crippen LogP contribution >= 0.6 is 0 Å². The second-order valence-electron chi connectivity index (χ2n) is 10.3. The third-order valence-electron chi connectivity index (χ3n) is 7.33. The lowest BCUT2D eigenvalue weighted by Gasteiger charge is -2.40. The van der Waals surface area contributed by atoms with E-state index in [1.807, 2.05) is 0 Å². The molecule has 14 heteroatoms. The van der Waals surface area contributed by atoms with E-state index in [4.69, 9.17) is 5.73 Å². The average Bonchev–Trinajstić information content (AvgIpc) is 2.92. The number of aromatic nitrogens is 3. The molecule has 1 amide bonds. The van der Waals surface area contributed by atoms with E-state index in [0.717, 1.165) is 23.0 Å². The zero-order valence-corrected chi connectivity index (χ0v) is 24.3. The molecule has 3 heterocycles. The third-order valence-corrected chi connectivity index (χ3v) is 8.46. The number of anilines is 2. The number of hydrogen-bond donors (Lipinski definition) is 1. The number of para-hydroxylation sites is 1. The fraction of sp³-hybridized carbons (Fsp3) is 0.241. The molecule has 5 rings (SSSR count). The van der Waals surface area contributed by atoms with Gasteiger partial charge in [0, 0.05) is 37.6 Å². The summed E-state index contributed by atoms with van der Waals surface area (Å²) in [5.41, 5.74) is 4.26. The molecule has 1 saturated heterocycles. The number of aryl methyl sites for hydroxylation is 1. The van der Waals surface area contributed by atoms with Gasteiger partial charge in [-0.25, -0.2) is 35.9 Å². The Labute approximate surface area is 244 Å². The van der Waals surface area contributed by atoms with Crippen LogP contribution in [0.5, 0.6) is 0 Å². The lowest BCUT2D eigenvalue weighted by atomic mass is 10.1. The van der Waals surface area contributed by atoms with E-state index in [9.17, 15) is 26.8 Å². The fourth-order valence-electron chi connectivity index (χ4n) is 5.34. The van der Waals surface area contributed by atoms with Gasteiger partial charge >= 0.3 is 5.69 Å². The van der Waals surface area contributed by atoms with Gasteiger partial charge in [0.15, 0.2) is 27.1 Å². The van der Waals surface area contributed by atoms with E-state index in [-0.39, 0.29) is 58.3 Å². The summed E-state index contributed by atoms with van der Waals surface area (Å²) in [6.07, 6.45) is 0.980. The van der Waals surface area contributed by atoms with E-state index in [2.05, 4.69) is 16.5 Å². The Morgan fingerprint density at radius 3 is 2.42 bits per heavy atom. The number of hydrogen-bond acceptors (Lipinski definition) is 8. The lowest BCUT2D eigenvalue weighted by molar-refractivity contribution is -0.129. The van der Waals surface area contributed by atoms with Crippen molar-refractivity contribution in [2.75, 3.05) is 36.5 Å². The second-order valence-corrected chi connectivity index (χ2v) is 12.3. The first-order valence-corrected chi connectivity index (χ1v) is 15.0. The van der Waals surface area contributed by atoms with Crippen molar-refractivity contribution in [2.24, 2.45) is 0 Å². The van der Waals surface area contributed by atoms with E-state index in [1.54, 1.807) is 24.8 Å². The Kier molecular flexibility index (Phi) is 7.50. The Balaban J connectivity index is 1.84. The molecule has 1 aliphatic heterocycles. The summed E-state index contributed by atoms with van der Waals surface area (Å²) in [4.78, 5) is 37.4. The molecule has 2 N–H and O–H groups in total. The molecule has 0 unspecified atom stereocenters. The van der Waals surface area contributed by atoms with Crippen LogP contribution in [-0.4, -0.2) is 65.7 Å². The number of carbonyl (C=O) groups is 1. The number of nitrogens with two attached hydrogens (primary N) is 1. The number of carbonyl (C=O) groups excluding carboxylic acids is 1. The first-order valence-electron chi connectivity index (χ1n) is 13.1. The molecule has 1 atom stereocenters. The summed E-state index contributed by atoms with van der Waals surface area (Å²) < 4.78 is 70.9. The van der Waals surface area contributed by atoms with Crippen LogP contribution < -0.4 is 16.3 Å². The SMILES string of the molecule is C=C(F)C(=O)N1CCN(c2nc(=O)n(-c3c(C)cccc3S(C)(=O)=O)c3nc(-c4c(N)cccc4F)c(F)cc23)[C@@H](C)C1. The summed E-state index contributed by atoms with van der Waals surface area (Å²) >= 11 is 0. The van der Waals surface area contributed by atoms with Crippen molar-refractivity contribution in [3.63, 3.8) is 0 Å². The molecule has 224 valence electrons. The summed E-state index contributed by atoms with van der Waals surface area (Å²) in [5.74, 6) is -3.80. The first-order chi connectivity index (χ1) is 20.2. The molecule has 1 fully saturated rings. The average molecular weight is 613 g/mol. The molecule has 1 aliphatic rings. The predicted molar refractivity (Wildman–Crippen MR) is 156 cm³/mol. The van der Waals surface area contributed by atoms with Crippen molar-refractivity contribution < 1.29 is 26.4 Å². The Morgan fingerprint density at radius 2 is 1.79 bits per heavy atom. The van der Waals surface area contributed by atoms with Gasteiger partial charge in [0.1, 0.15) is 17.3 Å². The number of fused-ring (bicyclic) bond motifs is 1. The van der Waals surface area contributed by atoms with Crippen LogP contribution in [0, 0.1) is 18.6 Å². The van der Waals surface area contributed by atoms with E-state index >= 15 is 4.39 Å². The minimum absolute atomic E-state index is 0.00358. The summed E-state index contributed by atoms with van der Waals surface area (Å²) in [5, 5.41) is 0.0139. The van der Waals surface area contributed by atoms with Crippen molar-refractivity contribution in [1.29, 1.82) is 0 Å². The topological polar surface area (TPSA) is 131 Å². The van der Waals surface area contributed by atoms with E-state index in [0.29, 0.717) is 5.56 Å². The van der Waals surface area contributed by atoms with E-state index < -0.39 is 50.6 Å². The fourth-order valence-corrected chi connectivity index (χ4v) is 6.27. The molecular formula is C29H27F3N6O4S. The van der Waals surface area contributed by atoms with Gasteiger partial charge in [-0.1, -0.05) is 24.8 Å². The molecular weight excluding hydrogens is 585 g/mol. The monoisotopic (exact) mass is 612 g/mol. The number of halogens is 3. The molecule has 0 radical (unpaired) electrons. The molecule has 10 nitrogen and oxygen atoms in total. The number of nitrogen functional groups attached to an aromatic ring is 1. The van der Waals surface area contributed by atoms with Gasteiger partial charge in [0.05, 0.1) is 21.5 Å². The van der Waals surface area contributed by atoms with Crippen LogP contribution in [0.2, 0.25) is 0 Å². The highest BCUT2D eigenvalue weighted by Crippen LogP contribution is 2.35. The Morgan fingerprint density at radius 1 is 1.09 bits per heavy atom. The normalized spacial score (nSPS) is 15.6. The number of piperazine rings is 1. The van der Waals surface area contributed by atoms with Crippen molar-refractivity contribution in [1.82, 2.24) is 19.4 Å². The van der Waals surface area contributed by atoms with Gasteiger partial charge in [0.25, 0.3) is 5.91 Å². The van der Waals surface area contributed by atoms with Crippen molar-refractivity contribution in [3.05, 3.63) is 82.6 Å². The van der Waals surface area contributed by atoms with Crippen LogP contribution in [0.25, 0.3) is 28.0 Å². The molecule has 43 heavy (non-hydrogen) atoms. The highest BCUT2D eigenvalue weighted by Gasteiger charge is 2.32. The maximum atomic E-state index is 15.8. The molecule has 0 aliphatic carbocycles. The maximum absolute atomic E-state index is 15.8. The summed E-state index contributed by atoms with van der Waals surface area (Å²) in [7, 11) is -3.89. The zero-order chi connectivity index (χ0) is 31.4. The number of nitrogens with zero attached hydrogens (tertiary/aromatic N) is 5.